The molecule has 6 aromatic rings. The number of nitrogens with two attached hydrogens (primary N) is 1. The van der Waals surface area contributed by atoms with Crippen LogP contribution in [-0.2, 0) is 58.2 Å². The molecule has 6 heteroatoms. The van der Waals surface area contributed by atoms with Gasteiger partial charge in [-0.1, -0.05) is 181 Å². The molecule has 2 unspecified atom stereocenters. The molecule has 0 aliphatic rings. The number of hydrogen-bond donors (Lipinski definition) is 1. The number of esters is 2. The molecule has 2 N–H and O–H groups in total. The molecule has 0 bridgehead atoms. The third-order valence-corrected chi connectivity index (χ3v) is 8.97. The molecule has 0 fully saturated rings. The lowest BCUT2D eigenvalue weighted by molar-refractivity contribution is -0.152. The van der Waals surface area contributed by atoms with Crippen molar-refractivity contribution in [2.45, 2.75) is 65.1 Å². The molecule has 0 saturated carbocycles. The van der Waals surface area contributed by atoms with E-state index < -0.39 is 12.1 Å². The Hall–Kier alpha value is -5.82. The summed E-state index contributed by atoms with van der Waals surface area (Å²) in [5.74, 6) is -0.562. The van der Waals surface area contributed by atoms with Crippen molar-refractivity contribution in [2.75, 3.05) is 0 Å². The second-order valence-electron chi connectivity index (χ2n) is 13.6. The minimum Gasteiger partial charge on any atom is -0.460 e. The van der Waals surface area contributed by atoms with Gasteiger partial charge in [0.2, 0.25) is 0 Å². The number of aryl methyl sites for hydroxylation is 2. The van der Waals surface area contributed by atoms with E-state index in [0.717, 1.165) is 27.8 Å². The molecular formula is C48H50N2O4. The van der Waals surface area contributed by atoms with E-state index in [0.29, 0.717) is 25.9 Å². The highest BCUT2D eigenvalue weighted by Crippen LogP contribution is 2.20. The van der Waals surface area contributed by atoms with Crippen LogP contribution in [0, 0.1) is 13.8 Å². The van der Waals surface area contributed by atoms with Gasteiger partial charge in [-0.25, -0.2) is 0 Å². The highest BCUT2D eigenvalue weighted by Gasteiger charge is 2.28. The normalized spacial score (nSPS) is 11.9. The summed E-state index contributed by atoms with van der Waals surface area (Å²) in [7, 11) is 0. The van der Waals surface area contributed by atoms with E-state index in [1.807, 2.05) is 128 Å². The largest absolute Gasteiger partial charge is 0.460 e. The average Bonchev–Trinajstić information content (AvgIpc) is 3.20. The Morgan fingerprint density at radius 3 is 1.28 bits per heavy atom. The lowest BCUT2D eigenvalue weighted by Crippen LogP contribution is -2.43. The van der Waals surface area contributed by atoms with E-state index in [1.54, 1.807) is 0 Å². The molecule has 0 heterocycles. The van der Waals surface area contributed by atoms with Gasteiger partial charge in [0.15, 0.2) is 0 Å². The first kappa shape index (κ1) is 39.4. The topological polar surface area (TPSA) is 81.9 Å². The van der Waals surface area contributed by atoms with Gasteiger partial charge >= 0.3 is 11.9 Å². The molecule has 0 aliphatic carbocycles. The molecule has 276 valence electrons. The number of nitrogens with zero attached hydrogens (tertiary/aromatic N) is 1. The second-order valence-corrected chi connectivity index (χ2v) is 13.6. The van der Waals surface area contributed by atoms with Gasteiger partial charge in [0.05, 0.1) is 0 Å². The van der Waals surface area contributed by atoms with E-state index in [1.165, 1.54) is 16.7 Å². The van der Waals surface area contributed by atoms with E-state index in [4.69, 9.17) is 15.2 Å². The van der Waals surface area contributed by atoms with Gasteiger partial charge in [0.1, 0.15) is 25.3 Å². The minimum atomic E-state index is -0.625. The van der Waals surface area contributed by atoms with Crippen LogP contribution in [-0.4, -0.2) is 28.9 Å². The van der Waals surface area contributed by atoms with Crippen LogP contribution in [0.3, 0.4) is 0 Å². The molecule has 0 amide bonds. The fourth-order valence-electron chi connectivity index (χ4n) is 6.17. The Morgan fingerprint density at radius 2 is 0.852 bits per heavy atom. The molecule has 6 rings (SSSR count). The van der Waals surface area contributed by atoms with Crippen molar-refractivity contribution in [3.63, 3.8) is 0 Å². The number of ether oxygens (including phenoxy) is 2. The summed E-state index contributed by atoms with van der Waals surface area (Å²) in [6.07, 6.45) is 1.09. The Labute approximate surface area is 320 Å². The van der Waals surface area contributed by atoms with Gasteiger partial charge in [-0.05, 0) is 60.1 Å². The lowest BCUT2D eigenvalue weighted by atomic mass is 10.0. The molecule has 6 aromatic carbocycles. The minimum absolute atomic E-state index is 0.197. The molecule has 0 radical (unpaired) electrons. The van der Waals surface area contributed by atoms with Crippen LogP contribution in [0.5, 0.6) is 0 Å². The first-order valence-corrected chi connectivity index (χ1v) is 18.4. The first-order chi connectivity index (χ1) is 26.3. The molecular weight excluding hydrogens is 669 g/mol. The van der Waals surface area contributed by atoms with Gasteiger partial charge in [0.25, 0.3) is 0 Å². The number of hydrogen-bond acceptors (Lipinski definition) is 6. The predicted molar refractivity (Wildman–Crippen MR) is 216 cm³/mol. The fourth-order valence-corrected chi connectivity index (χ4v) is 6.17. The van der Waals surface area contributed by atoms with Crippen molar-refractivity contribution < 1.29 is 19.1 Å². The maximum Gasteiger partial charge on any atom is 0.324 e. The summed E-state index contributed by atoms with van der Waals surface area (Å²) in [6, 6.07) is 55.4. The van der Waals surface area contributed by atoms with Crippen LogP contribution < -0.4 is 5.73 Å². The van der Waals surface area contributed by atoms with Crippen molar-refractivity contribution in [1.29, 1.82) is 0 Å². The molecule has 0 spiro atoms. The monoisotopic (exact) mass is 718 g/mol. The number of benzene rings is 6. The average molecular weight is 719 g/mol. The van der Waals surface area contributed by atoms with E-state index in [2.05, 4.69) is 60.4 Å². The summed E-state index contributed by atoms with van der Waals surface area (Å²) < 4.78 is 11.1. The standard InChI is InChI=1S/C31H31NO2.C17H19NO2/c1-25-12-11-19-29(20-25)21-30(31(33)34-24-28-17-9-4-10-18-28)32(22-26-13-5-2-6-14-26)23-27-15-7-3-8-16-27;1-13-6-5-9-15(10-13)11-16(18)17(19)20-12-14-7-3-2-4-8-14/h2-20,30H,21-24H2,1H3;2-10,16H,11-12,18H2,1H3. The van der Waals surface area contributed by atoms with Crippen molar-refractivity contribution in [1.82, 2.24) is 4.90 Å². The van der Waals surface area contributed by atoms with Gasteiger partial charge in [-0.3, -0.25) is 14.5 Å². The summed E-state index contributed by atoms with van der Waals surface area (Å²) in [6.45, 7) is 5.95. The molecule has 2 atom stereocenters. The molecule has 54 heavy (non-hydrogen) atoms. The van der Waals surface area contributed by atoms with Gasteiger partial charge < -0.3 is 15.2 Å². The van der Waals surface area contributed by atoms with Gasteiger partial charge in [-0.2, -0.15) is 0 Å². The fraction of sp³-hybridized carbons (Fsp3) is 0.208. The zero-order chi connectivity index (χ0) is 38.0. The predicted octanol–water partition coefficient (Wildman–Crippen LogP) is 8.96. The molecule has 6 nitrogen and oxygen atoms in total. The van der Waals surface area contributed by atoms with Crippen molar-refractivity contribution >= 4 is 11.9 Å². The van der Waals surface area contributed by atoms with Crippen LogP contribution in [0.25, 0.3) is 0 Å². The number of carbonyl (C=O) groups excluding carboxylic acids is 2. The highest BCUT2D eigenvalue weighted by molar-refractivity contribution is 5.76. The van der Waals surface area contributed by atoms with E-state index in [-0.39, 0.29) is 25.2 Å². The lowest BCUT2D eigenvalue weighted by Gasteiger charge is -2.31. The number of rotatable bonds is 15. The zero-order valence-corrected chi connectivity index (χ0v) is 31.2. The van der Waals surface area contributed by atoms with Crippen molar-refractivity contribution in [2.24, 2.45) is 5.73 Å². The Balaban J connectivity index is 0.000000239. The Kier molecular flexibility index (Phi) is 15.3. The van der Waals surface area contributed by atoms with Crippen molar-refractivity contribution in [3.8, 4) is 0 Å². The van der Waals surface area contributed by atoms with Gasteiger partial charge in [0, 0.05) is 13.1 Å². The Morgan fingerprint density at radius 1 is 0.481 bits per heavy atom. The van der Waals surface area contributed by atoms with E-state index in [9.17, 15) is 9.59 Å². The maximum absolute atomic E-state index is 13.6. The number of carbonyl (C=O) groups is 2. The summed E-state index contributed by atoms with van der Waals surface area (Å²) >= 11 is 0. The summed E-state index contributed by atoms with van der Waals surface area (Å²) in [5, 5.41) is 0. The molecule has 0 aliphatic heterocycles. The SMILES string of the molecule is Cc1cccc(CC(C(=O)OCc2ccccc2)N(Cc2ccccc2)Cc2ccccc2)c1.Cc1cccc(CC(N)C(=O)OCc2ccccc2)c1. The molecule has 0 aromatic heterocycles. The van der Waals surface area contributed by atoms with Gasteiger partial charge in [-0.15, -0.1) is 0 Å². The van der Waals surface area contributed by atoms with Crippen LogP contribution in [0.4, 0.5) is 0 Å². The highest BCUT2D eigenvalue weighted by atomic mass is 16.5. The Bertz CT molecular complexity index is 1960. The summed E-state index contributed by atoms with van der Waals surface area (Å²) in [5.41, 5.74) is 14.7. The van der Waals surface area contributed by atoms with Crippen LogP contribution in [0.1, 0.15) is 44.5 Å². The quantitative estimate of drug-likeness (QED) is 0.107. The maximum atomic E-state index is 13.6. The van der Waals surface area contributed by atoms with Crippen LogP contribution in [0.15, 0.2) is 170 Å². The zero-order valence-electron chi connectivity index (χ0n) is 31.2. The third kappa shape index (κ3) is 13.3. The van der Waals surface area contributed by atoms with E-state index >= 15 is 0 Å². The third-order valence-electron chi connectivity index (χ3n) is 8.97. The second kappa shape index (κ2) is 21.0. The smallest absolute Gasteiger partial charge is 0.324 e. The molecule has 0 saturated heterocycles. The van der Waals surface area contributed by atoms with Crippen LogP contribution >= 0.6 is 0 Å². The van der Waals surface area contributed by atoms with Crippen molar-refractivity contribution in [3.05, 3.63) is 214 Å². The summed E-state index contributed by atoms with van der Waals surface area (Å²) in [4.78, 5) is 27.7. The van der Waals surface area contributed by atoms with Crippen LogP contribution in [0.2, 0.25) is 0 Å². The first-order valence-electron chi connectivity index (χ1n) is 18.4.